The fraction of sp³-hybridized carbons (Fsp3) is 0.450. The lowest BCUT2D eigenvalue weighted by atomic mass is 9.97. The molecule has 0 saturated heterocycles. The average molecular weight is 373 g/mol. The molecular weight excluding hydrogens is 349 g/mol. The Hall–Kier alpha value is -1.95. The first-order valence-corrected chi connectivity index (χ1v) is 10.1. The number of hydrogen-bond donors (Lipinski definition) is 0. The van der Waals surface area contributed by atoms with Crippen LogP contribution in [0.1, 0.15) is 40.9 Å². The Balaban J connectivity index is 1.79. The molecule has 0 N–H and O–H groups in total. The van der Waals surface area contributed by atoms with Crippen LogP contribution in [0.4, 0.5) is 10.1 Å². The molecule has 1 aliphatic rings. The molecule has 6 heteroatoms. The third-order valence-corrected chi connectivity index (χ3v) is 5.46. The summed E-state index contributed by atoms with van der Waals surface area (Å²) in [5.41, 5.74) is 5.57. The lowest BCUT2D eigenvalue weighted by Crippen LogP contribution is -2.36. The van der Waals surface area contributed by atoms with Gasteiger partial charge < -0.3 is 4.90 Å². The number of halogens is 1. The first-order chi connectivity index (χ1) is 12.4. The average Bonchev–Trinajstić information content (AvgIpc) is 2.59. The highest BCUT2D eigenvalue weighted by Gasteiger charge is 2.25. The molecule has 1 amide bonds. The normalized spacial score (nSPS) is 13.7. The van der Waals surface area contributed by atoms with Gasteiger partial charge in [0.2, 0.25) is 5.91 Å². The van der Waals surface area contributed by atoms with Gasteiger partial charge in [-0.15, -0.1) is 0 Å². The van der Waals surface area contributed by atoms with Crippen molar-refractivity contribution in [1.29, 1.82) is 0 Å². The largest absolute Gasteiger partial charge is 0.312 e. The second-order valence-electron chi connectivity index (χ2n) is 6.74. The molecule has 0 fully saturated rings. The summed E-state index contributed by atoms with van der Waals surface area (Å²) >= 11 is 1.52. The zero-order chi connectivity index (χ0) is 18.8. The van der Waals surface area contributed by atoms with Crippen LogP contribution in [0, 0.1) is 26.6 Å². The molecule has 1 aromatic carbocycles. The minimum absolute atomic E-state index is 0.0772. The molecule has 1 aromatic heterocycles. The van der Waals surface area contributed by atoms with Crippen molar-refractivity contribution in [3.8, 4) is 0 Å². The molecule has 0 saturated carbocycles. The van der Waals surface area contributed by atoms with Crippen LogP contribution in [0.25, 0.3) is 0 Å². The Morgan fingerprint density at radius 3 is 2.58 bits per heavy atom. The molecule has 0 unspecified atom stereocenters. The lowest BCUT2D eigenvalue weighted by Gasteiger charge is -2.31. The number of aromatic nitrogens is 2. The molecule has 1 aliphatic heterocycles. The number of fused-ring (bicyclic) bond motifs is 1. The highest BCUT2D eigenvalue weighted by atomic mass is 32.2. The molecule has 0 atom stereocenters. The lowest BCUT2D eigenvalue weighted by molar-refractivity contribution is -0.118. The summed E-state index contributed by atoms with van der Waals surface area (Å²) in [6, 6.07) is 3.07. The minimum Gasteiger partial charge on any atom is -0.312 e. The van der Waals surface area contributed by atoms with Crippen LogP contribution in [-0.2, 0) is 17.6 Å². The van der Waals surface area contributed by atoms with Crippen LogP contribution in [0.2, 0.25) is 0 Å². The van der Waals surface area contributed by atoms with E-state index in [0.717, 1.165) is 51.8 Å². The van der Waals surface area contributed by atoms with Gasteiger partial charge >= 0.3 is 0 Å². The molecule has 2 heterocycles. The molecule has 4 nitrogen and oxygen atoms in total. The standard InChI is InChI=1S/C20H24FN3OS/c1-12-10-16(21)11-15-6-5-9-24(19(12)15)18(25)8-7-17-13(2)22-20(26-4)23-14(17)3/h10-11H,5-9H2,1-4H3. The van der Waals surface area contributed by atoms with E-state index in [-0.39, 0.29) is 11.7 Å². The van der Waals surface area contributed by atoms with Gasteiger partial charge in [-0.3, -0.25) is 4.79 Å². The van der Waals surface area contributed by atoms with Crippen LogP contribution in [0.15, 0.2) is 17.3 Å². The minimum atomic E-state index is -0.229. The van der Waals surface area contributed by atoms with Crippen molar-refractivity contribution in [3.05, 3.63) is 46.0 Å². The van der Waals surface area contributed by atoms with Gasteiger partial charge in [0.05, 0.1) is 0 Å². The number of benzene rings is 1. The zero-order valence-electron chi connectivity index (χ0n) is 15.7. The molecule has 0 radical (unpaired) electrons. The van der Waals surface area contributed by atoms with Crippen molar-refractivity contribution < 1.29 is 9.18 Å². The maximum Gasteiger partial charge on any atom is 0.227 e. The highest BCUT2D eigenvalue weighted by Crippen LogP contribution is 2.32. The number of nitrogens with zero attached hydrogens (tertiary/aromatic N) is 3. The highest BCUT2D eigenvalue weighted by molar-refractivity contribution is 7.98. The molecule has 138 valence electrons. The Kier molecular flexibility index (Phi) is 5.61. The van der Waals surface area contributed by atoms with Gasteiger partial charge in [-0.1, -0.05) is 11.8 Å². The van der Waals surface area contributed by atoms with Crippen molar-refractivity contribution in [2.45, 2.75) is 51.6 Å². The predicted molar refractivity (Wildman–Crippen MR) is 103 cm³/mol. The zero-order valence-corrected chi connectivity index (χ0v) is 16.5. The Labute approximate surface area is 158 Å². The first kappa shape index (κ1) is 18.8. The maximum absolute atomic E-state index is 13.7. The van der Waals surface area contributed by atoms with Crippen LogP contribution >= 0.6 is 11.8 Å². The number of aryl methyl sites for hydroxylation is 4. The fourth-order valence-electron chi connectivity index (χ4n) is 3.70. The van der Waals surface area contributed by atoms with E-state index in [1.54, 1.807) is 6.07 Å². The topological polar surface area (TPSA) is 46.1 Å². The number of amides is 1. The first-order valence-electron chi connectivity index (χ1n) is 8.88. The van der Waals surface area contributed by atoms with E-state index in [2.05, 4.69) is 9.97 Å². The van der Waals surface area contributed by atoms with Crippen LogP contribution in [0.3, 0.4) is 0 Å². The van der Waals surface area contributed by atoms with Gasteiger partial charge in [-0.2, -0.15) is 0 Å². The summed E-state index contributed by atoms with van der Waals surface area (Å²) < 4.78 is 13.7. The quantitative estimate of drug-likeness (QED) is 0.596. The Morgan fingerprint density at radius 1 is 1.23 bits per heavy atom. The summed E-state index contributed by atoms with van der Waals surface area (Å²) in [4.78, 5) is 23.7. The molecular formula is C20H24FN3OS. The summed E-state index contributed by atoms with van der Waals surface area (Å²) in [6.07, 6.45) is 4.67. The van der Waals surface area contributed by atoms with E-state index in [4.69, 9.17) is 0 Å². The number of thioether (sulfide) groups is 1. The number of carbonyl (C=O) groups excluding carboxylic acids is 1. The van der Waals surface area contributed by atoms with E-state index >= 15 is 0 Å². The summed E-state index contributed by atoms with van der Waals surface area (Å²) in [7, 11) is 0. The van der Waals surface area contributed by atoms with Crippen LogP contribution < -0.4 is 4.90 Å². The smallest absolute Gasteiger partial charge is 0.227 e. The summed E-state index contributed by atoms with van der Waals surface area (Å²) in [6.45, 7) is 6.50. The second-order valence-corrected chi connectivity index (χ2v) is 7.51. The summed E-state index contributed by atoms with van der Waals surface area (Å²) in [5, 5.41) is 0.762. The van der Waals surface area contributed by atoms with E-state index in [1.165, 1.54) is 17.8 Å². The van der Waals surface area contributed by atoms with Crippen molar-refractivity contribution in [2.24, 2.45) is 0 Å². The van der Waals surface area contributed by atoms with E-state index in [1.807, 2.05) is 31.9 Å². The Bertz CT molecular complexity index is 830. The van der Waals surface area contributed by atoms with E-state index in [9.17, 15) is 9.18 Å². The van der Waals surface area contributed by atoms with Gasteiger partial charge in [0.1, 0.15) is 5.82 Å². The number of anilines is 1. The third kappa shape index (κ3) is 3.75. The monoisotopic (exact) mass is 373 g/mol. The van der Waals surface area contributed by atoms with E-state index < -0.39 is 0 Å². The second kappa shape index (κ2) is 7.74. The number of rotatable bonds is 4. The third-order valence-electron chi connectivity index (χ3n) is 4.91. The molecule has 3 rings (SSSR count). The molecule has 0 bridgehead atoms. The van der Waals surface area contributed by atoms with Gasteiger partial charge in [-0.25, -0.2) is 14.4 Å². The number of hydrogen-bond acceptors (Lipinski definition) is 4. The van der Waals surface area contributed by atoms with Gasteiger partial charge in [0, 0.05) is 30.0 Å². The van der Waals surface area contributed by atoms with Gasteiger partial charge in [-0.05, 0) is 75.1 Å². The maximum atomic E-state index is 13.7. The molecule has 2 aromatic rings. The molecule has 0 spiro atoms. The van der Waals surface area contributed by atoms with Crippen molar-refractivity contribution in [3.63, 3.8) is 0 Å². The summed E-state index contributed by atoms with van der Waals surface area (Å²) in [5.74, 6) is -0.152. The van der Waals surface area contributed by atoms with Crippen molar-refractivity contribution in [2.75, 3.05) is 17.7 Å². The molecule has 26 heavy (non-hydrogen) atoms. The number of carbonyl (C=O) groups is 1. The van der Waals surface area contributed by atoms with Crippen molar-refractivity contribution >= 4 is 23.4 Å². The van der Waals surface area contributed by atoms with Crippen LogP contribution in [-0.4, -0.2) is 28.7 Å². The molecule has 0 aliphatic carbocycles. The SMILES string of the molecule is CSc1nc(C)c(CCC(=O)N2CCCc3cc(F)cc(C)c32)c(C)n1. The Morgan fingerprint density at radius 2 is 1.92 bits per heavy atom. The van der Waals surface area contributed by atoms with E-state index in [0.29, 0.717) is 19.4 Å². The fourth-order valence-corrected chi connectivity index (χ4v) is 4.16. The van der Waals surface area contributed by atoms with Gasteiger partial charge in [0.25, 0.3) is 0 Å². The van der Waals surface area contributed by atoms with Crippen LogP contribution in [0.5, 0.6) is 0 Å². The van der Waals surface area contributed by atoms with Crippen molar-refractivity contribution in [1.82, 2.24) is 9.97 Å². The van der Waals surface area contributed by atoms with Gasteiger partial charge in [0.15, 0.2) is 5.16 Å². The predicted octanol–water partition coefficient (Wildman–Crippen LogP) is 4.17.